The van der Waals surface area contributed by atoms with Crippen LogP contribution in [0.3, 0.4) is 0 Å². The van der Waals surface area contributed by atoms with Gasteiger partial charge in [0.2, 0.25) is 0 Å². The van der Waals surface area contributed by atoms with Gasteiger partial charge in [-0.2, -0.15) is 0 Å². The van der Waals surface area contributed by atoms with Crippen LogP contribution in [0.2, 0.25) is 0 Å². The molecule has 0 saturated heterocycles. The minimum absolute atomic E-state index is 0.0451. The Kier molecular flexibility index (Phi) is 7.48. The Morgan fingerprint density at radius 3 is 2.62 bits per heavy atom. The number of likely N-dealkylation sites (N-methyl/N-ethyl adjacent to an activating group) is 1. The molecule has 5 heteroatoms. The van der Waals surface area contributed by atoms with Crippen molar-refractivity contribution in [3.8, 4) is 11.5 Å². The van der Waals surface area contributed by atoms with E-state index in [1.54, 1.807) is 7.11 Å². The first-order valence-corrected chi connectivity index (χ1v) is 8.95. The molecule has 0 spiro atoms. The number of ether oxygens (including phenoxy) is 2. The molecule has 140 valence electrons. The highest BCUT2D eigenvalue weighted by Crippen LogP contribution is 2.27. The van der Waals surface area contributed by atoms with Crippen molar-refractivity contribution in [1.29, 1.82) is 0 Å². The first-order valence-electron chi connectivity index (χ1n) is 8.95. The number of quaternary nitrogens is 1. The van der Waals surface area contributed by atoms with Crippen molar-refractivity contribution in [1.82, 2.24) is 5.32 Å². The molecular weight excluding hydrogens is 328 g/mol. The molecule has 2 N–H and O–H groups in total. The third-order valence-corrected chi connectivity index (χ3v) is 4.23. The zero-order valence-electron chi connectivity index (χ0n) is 16.1. The zero-order chi connectivity index (χ0) is 18.9. The van der Waals surface area contributed by atoms with Gasteiger partial charge in [0, 0.05) is 12.1 Å². The quantitative estimate of drug-likeness (QED) is 0.719. The van der Waals surface area contributed by atoms with E-state index in [1.807, 2.05) is 50.4 Å². The smallest absolute Gasteiger partial charge is 0.275 e. The van der Waals surface area contributed by atoms with E-state index in [2.05, 4.69) is 18.3 Å². The van der Waals surface area contributed by atoms with Gasteiger partial charge in [-0.1, -0.05) is 24.3 Å². The number of benzene rings is 2. The fraction of sp³-hybridized carbons (Fsp3) is 0.381. The van der Waals surface area contributed by atoms with Crippen LogP contribution in [0, 0.1) is 6.92 Å². The molecule has 0 aliphatic carbocycles. The van der Waals surface area contributed by atoms with Crippen molar-refractivity contribution in [2.75, 3.05) is 27.3 Å². The first-order chi connectivity index (χ1) is 12.5. The summed E-state index contributed by atoms with van der Waals surface area (Å²) in [6, 6.07) is 14.0. The van der Waals surface area contributed by atoms with Crippen LogP contribution in [-0.2, 0) is 17.9 Å². The van der Waals surface area contributed by atoms with E-state index in [1.165, 1.54) is 5.56 Å². The van der Waals surface area contributed by atoms with E-state index < -0.39 is 0 Å². The number of rotatable bonds is 9. The van der Waals surface area contributed by atoms with E-state index >= 15 is 0 Å². The second kappa shape index (κ2) is 9.82. The fourth-order valence-corrected chi connectivity index (χ4v) is 2.85. The Hall–Kier alpha value is -2.53. The lowest BCUT2D eigenvalue weighted by atomic mass is 10.1. The highest BCUT2D eigenvalue weighted by molar-refractivity contribution is 5.76. The van der Waals surface area contributed by atoms with E-state index in [0.29, 0.717) is 19.7 Å². The topological polar surface area (TPSA) is 52.0 Å². The molecule has 26 heavy (non-hydrogen) atoms. The van der Waals surface area contributed by atoms with Crippen LogP contribution in [0.1, 0.15) is 23.6 Å². The number of methoxy groups -OCH3 is 1. The molecular formula is C21H29N2O3+. The predicted molar refractivity (Wildman–Crippen MR) is 103 cm³/mol. The Morgan fingerprint density at radius 2 is 1.92 bits per heavy atom. The summed E-state index contributed by atoms with van der Waals surface area (Å²) in [6.07, 6.45) is 0. The van der Waals surface area contributed by atoms with Gasteiger partial charge in [0.05, 0.1) is 20.8 Å². The van der Waals surface area contributed by atoms with Crippen LogP contribution in [0.15, 0.2) is 42.5 Å². The van der Waals surface area contributed by atoms with Crippen LogP contribution in [0.25, 0.3) is 0 Å². The molecule has 1 unspecified atom stereocenters. The summed E-state index contributed by atoms with van der Waals surface area (Å²) in [5.41, 5.74) is 3.44. The molecule has 0 fully saturated rings. The second-order valence-electron chi connectivity index (χ2n) is 6.43. The van der Waals surface area contributed by atoms with Crippen molar-refractivity contribution >= 4 is 5.91 Å². The third-order valence-electron chi connectivity index (χ3n) is 4.23. The average molecular weight is 357 g/mol. The van der Waals surface area contributed by atoms with Crippen molar-refractivity contribution in [3.05, 3.63) is 59.2 Å². The van der Waals surface area contributed by atoms with Gasteiger partial charge in [0.15, 0.2) is 18.0 Å². The number of aryl methyl sites for hydroxylation is 1. The van der Waals surface area contributed by atoms with Gasteiger partial charge in [-0.15, -0.1) is 0 Å². The molecule has 0 radical (unpaired) electrons. The normalized spacial score (nSPS) is 11.7. The molecule has 2 rings (SSSR count). The molecule has 0 bridgehead atoms. The summed E-state index contributed by atoms with van der Waals surface area (Å²) in [5, 5.41) is 3.00. The lowest BCUT2D eigenvalue weighted by Gasteiger charge is -2.16. The zero-order valence-corrected chi connectivity index (χ0v) is 16.1. The van der Waals surface area contributed by atoms with Crippen LogP contribution in [0.5, 0.6) is 11.5 Å². The SMILES string of the molecule is CCOc1ccc(C[NH+](C)CC(=O)NCc2ccccc2C)cc1OC. The summed E-state index contributed by atoms with van der Waals surface area (Å²) >= 11 is 0. The molecule has 2 aromatic carbocycles. The first kappa shape index (κ1) is 19.8. The van der Waals surface area contributed by atoms with Gasteiger partial charge < -0.3 is 19.7 Å². The van der Waals surface area contributed by atoms with Gasteiger partial charge >= 0.3 is 0 Å². The van der Waals surface area contributed by atoms with Gasteiger partial charge in [-0.25, -0.2) is 0 Å². The molecule has 0 aromatic heterocycles. The number of hydrogen-bond donors (Lipinski definition) is 2. The van der Waals surface area contributed by atoms with E-state index in [0.717, 1.165) is 34.1 Å². The standard InChI is InChI=1S/C21H28N2O3/c1-5-26-19-11-10-17(12-20(19)25-4)14-23(3)15-21(24)22-13-18-9-7-6-8-16(18)2/h6-12H,5,13-15H2,1-4H3,(H,22,24)/p+1. The van der Waals surface area contributed by atoms with Gasteiger partial charge in [0.1, 0.15) is 6.54 Å². The molecule has 2 aromatic rings. The maximum Gasteiger partial charge on any atom is 0.275 e. The summed E-state index contributed by atoms with van der Waals surface area (Å²) in [5.74, 6) is 1.51. The van der Waals surface area contributed by atoms with Gasteiger partial charge in [-0.05, 0) is 43.2 Å². The highest BCUT2D eigenvalue weighted by Gasteiger charge is 2.13. The molecule has 0 heterocycles. The molecule has 1 atom stereocenters. The Balaban J connectivity index is 1.86. The monoisotopic (exact) mass is 357 g/mol. The third kappa shape index (κ3) is 5.77. The van der Waals surface area contributed by atoms with Gasteiger partial charge in [-0.3, -0.25) is 4.79 Å². The molecule has 0 saturated carbocycles. The largest absolute Gasteiger partial charge is 0.493 e. The maximum atomic E-state index is 12.2. The maximum absolute atomic E-state index is 12.2. The Bertz CT molecular complexity index is 731. The van der Waals surface area contributed by atoms with Crippen LogP contribution in [0.4, 0.5) is 0 Å². The second-order valence-corrected chi connectivity index (χ2v) is 6.43. The van der Waals surface area contributed by atoms with Crippen molar-refractivity contribution in [2.24, 2.45) is 0 Å². The Labute approximate surface area is 155 Å². The fourth-order valence-electron chi connectivity index (χ4n) is 2.85. The van der Waals surface area contributed by atoms with Crippen LogP contribution < -0.4 is 19.7 Å². The molecule has 1 amide bonds. The van der Waals surface area contributed by atoms with Crippen molar-refractivity contribution in [3.63, 3.8) is 0 Å². The average Bonchev–Trinajstić information content (AvgIpc) is 2.62. The summed E-state index contributed by atoms with van der Waals surface area (Å²) in [6.45, 7) is 6.32. The van der Waals surface area contributed by atoms with Crippen molar-refractivity contribution in [2.45, 2.75) is 26.9 Å². The number of amides is 1. The van der Waals surface area contributed by atoms with Gasteiger partial charge in [0.25, 0.3) is 5.91 Å². The lowest BCUT2D eigenvalue weighted by Crippen LogP contribution is -3.08. The lowest BCUT2D eigenvalue weighted by molar-refractivity contribution is -0.885. The molecule has 5 nitrogen and oxygen atoms in total. The number of carbonyl (C=O) groups excluding carboxylic acids is 1. The summed E-state index contributed by atoms with van der Waals surface area (Å²) in [4.78, 5) is 13.3. The van der Waals surface area contributed by atoms with E-state index in [9.17, 15) is 4.79 Å². The summed E-state index contributed by atoms with van der Waals surface area (Å²) < 4.78 is 10.9. The minimum atomic E-state index is 0.0451. The summed E-state index contributed by atoms with van der Waals surface area (Å²) in [7, 11) is 3.65. The van der Waals surface area contributed by atoms with E-state index in [-0.39, 0.29) is 5.91 Å². The van der Waals surface area contributed by atoms with E-state index in [4.69, 9.17) is 9.47 Å². The van der Waals surface area contributed by atoms with Crippen LogP contribution in [-0.4, -0.2) is 33.2 Å². The molecule has 0 aliphatic heterocycles. The predicted octanol–water partition coefficient (Wildman–Crippen LogP) is 1.73. The molecule has 0 aliphatic rings. The Morgan fingerprint density at radius 1 is 1.15 bits per heavy atom. The minimum Gasteiger partial charge on any atom is -0.493 e. The van der Waals surface area contributed by atoms with Crippen molar-refractivity contribution < 1.29 is 19.2 Å². The van der Waals surface area contributed by atoms with Crippen LogP contribution >= 0.6 is 0 Å². The number of hydrogen-bond acceptors (Lipinski definition) is 3. The number of nitrogens with one attached hydrogen (secondary N) is 2. The number of carbonyl (C=O) groups is 1. The highest BCUT2D eigenvalue weighted by atomic mass is 16.5.